The number of carbonyl (C=O) groups excluding carboxylic acids is 1. The highest BCUT2D eigenvalue weighted by molar-refractivity contribution is 5.94. The van der Waals surface area contributed by atoms with Gasteiger partial charge in [-0.05, 0) is 13.0 Å². The molecule has 1 atom stereocenters. The minimum atomic E-state index is -4.25. The Morgan fingerprint density at radius 3 is 2.60 bits per heavy atom. The molecule has 9 heteroatoms. The lowest BCUT2D eigenvalue weighted by Gasteiger charge is -2.15. The van der Waals surface area contributed by atoms with Crippen molar-refractivity contribution in [3.8, 4) is 5.88 Å². The van der Waals surface area contributed by atoms with Crippen LogP contribution in [0.15, 0.2) is 18.3 Å². The Labute approximate surface area is 112 Å². The summed E-state index contributed by atoms with van der Waals surface area (Å²) < 4.78 is 53.4. The van der Waals surface area contributed by atoms with E-state index in [-0.39, 0.29) is 11.6 Å². The molecule has 1 unspecified atom stereocenters. The van der Waals surface area contributed by atoms with E-state index in [0.717, 1.165) is 6.20 Å². The molecule has 0 aliphatic rings. The van der Waals surface area contributed by atoms with E-state index in [0.29, 0.717) is 0 Å². The number of aromatic nitrogens is 1. The molecule has 0 aliphatic heterocycles. The molecule has 1 heterocycles. The van der Waals surface area contributed by atoms with E-state index in [1.165, 1.54) is 19.1 Å². The van der Waals surface area contributed by atoms with Crippen LogP contribution in [-0.4, -0.2) is 35.9 Å². The number of hydrogen-bond acceptors (Lipinski definition) is 4. The number of carbonyl (C=O) groups is 1. The molecular weight excluding hydrogens is 282 g/mol. The minimum absolute atomic E-state index is 0.260. The minimum Gasteiger partial charge on any atom is -0.471 e. The molecule has 1 rings (SSSR count). The summed E-state index contributed by atoms with van der Waals surface area (Å²) in [6.07, 6.45) is -2.68. The lowest BCUT2D eigenvalue weighted by Crippen LogP contribution is -2.34. The average Bonchev–Trinajstić information content (AvgIpc) is 2.37. The van der Waals surface area contributed by atoms with Gasteiger partial charge in [0.15, 0.2) is 6.61 Å². The summed E-state index contributed by atoms with van der Waals surface area (Å²) in [6, 6.07) is 1.76. The Morgan fingerprint density at radius 1 is 1.50 bits per heavy atom. The highest BCUT2D eigenvalue weighted by atomic mass is 19.3. The molecule has 1 aromatic rings. The van der Waals surface area contributed by atoms with Crippen molar-refractivity contribution >= 4 is 11.6 Å². The number of nitrogens with one attached hydrogen (secondary N) is 1. The first-order chi connectivity index (χ1) is 9.22. The monoisotopic (exact) mass is 295 g/mol. The maximum Gasteiger partial charge on any atom is 0.340 e. The first-order valence-electron chi connectivity index (χ1n) is 5.53. The van der Waals surface area contributed by atoms with Gasteiger partial charge in [-0.25, -0.2) is 13.8 Å². The first kappa shape index (κ1) is 16.2. The van der Waals surface area contributed by atoms with E-state index >= 15 is 0 Å². The molecule has 0 saturated carbocycles. The highest BCUT2D eigenvalue weighted by Gasteiger charge is 2.41. The number of pyridine rings is 1. The molecule has 0 spiro atoms. The number of ether oxygens (including phenoxy) is 1. The van der Waals surface area contributed by atoms with E-state index in [4.69, 9.17) is 5.73 Å². The zero-order chi connectivity index (χ0) is 15.3. The quantitative estimate of drug-likeness (QED) is 0.782. The van der Waals surface area contributed by atoms with Crippen molar-refractivity contribution < 1.29 is 27.1 Å². The van der Waals surface area contributed by atoms with Gasteiger partial charge in [0.25, 0.3) is 0 Å². The maximum atomic E-state index is 12.6. The summed E-state index contributed by atoms with van der Waals surface area (Å²) in [5.41, 5.74) is 5.60. The third-order valence-corrected chi connectivity index (χ3v) is 2.15. The Bertz CT molecular complexity index is 451. The van der Waals surface area contributed by atoms with Gasteiger partial charge in [0.1, 0.15) is 0 Å². The zero-order valence-corrected chi connectivity index (χ0v) is 10.4. The predicted molar refractivity (Wildman–Crippen MR) is 63.0 cm³/mol. The molecular formula is C11H13F4N3O2. The van der Waals surface area contributed by atoms with Gasteiger partial charge in [-0.2, -0.15) is 8.78 Å². The van der Waals surface area contributed by atoms with Crippen LogP contribution >= 0.6 is 0 Å². The molecule has 0 radical (unpaired) electrons. The summed E-state index contributed by atoms with van der Waals surface area (Å²) in [7, 11) is 0. The fourth-order valence-electron chi connectivity index (χ4n) is 1.03. The predicted octanol–water partition coefficient (Wildman–Crippen LogP) is 1.65. The van der Waals surface area contributed by atoms with Crippen LogP contribution in [0.1, 0.15) is 6.92 Å². The number of nitrogens with two attached hydrogens (primary N) is 1. The summed E-state index contributed by atoms with van der Waals surface area (Å²) in [4.78, 5) is 14.8. The summed E-state index contributed by atoms with van der Waals surface area (Å²) in [5, 5.41) is 2.41. The number of hydrogen-bond donors (Lipinski definition) is 2. The molecule has 0 aromatic carbocycles. The second-order valence-electron chi connectivity index (χ2n) is 4.01. The van der Waals surface area contributed by atoms with Crippen molar-refractivity contribution in [1.82, 2.24) is 4.98 Å². The molecule has 20 heavy (non-hydrogen) atoms. The fourth-order valence-corrected chi connectivity index (χ4v) is 1.03. The normalized spacial score (nSPS) is 13.2. The summed E-state index contributed by atoms with van der Waals surface area (Å²) in [5.74, 6) is -4.96. The van der Waals surface area contributed by atoms with Crippen molar-refractivity contribution in [2.24, 2.45) is 5.73 Å². The number of rotatable bonds is 6. The van der Waals surface area contributed by atoms with Crippen molar-refractivity contribution in [1.29, 1.82) is 0 Å². The SMILES string of the molecule is CC(N)C(=O)Nc1ccc(OCC(F)(F)C(F)F)nc1. The third kappa shape index (κ3) is 4.65. The maximum absolute atomic E-state index is 12.6. The van der Waals surface area contributed by atoms with Gasteiger partial charge in [-0.3, -0.25) is 4.79 Å². The van der Waals surface area contributed by atoms with Crippen molar-refractivity contribution in [3.05, 3.63) is 18.3 Å². The summed E-state index contributed by atoms with van der Waals surface area (Å²) in [6.45, 7) is -0.00409. The molecule has 0 bridgehead atoms. The van der Waals surface area contributed by atoms with Crippen LogP contribution in [0.3, 0.4) is 0 Å². The van der Waals surface area contributed by atoms with E-state index < -0.39 is 30.9 Å². The lowest BCUT2D eigenvalue weighted by atomic mass is 10.3. The van der Waals surface area contributed by atoms with Gasteiger partial charge in [0, 0.05) is 6.07 Å². The van der Waals surface area contributed by atoms with Gasteiger partial charge in [0.05, 0.1) is 17.9 Å². The molecule has 0 aliphatic carbocycles. The second kappa shape index (κ2) is 6.51. The van der Waals surface area contributed by atoms with Crippen LogP contribution in [0.4, 0.5) is 23.2 Å². The van der Waals surface area contributed by atoms with Crippen LogP contribution in [0.5, 0.6) is 5.88 Å². The summed E-state index contributed by atoms with van der Waals surface area (Å²) >= 11 is 0. The molecule has 0 fully saturated rings. The average molecular weight is 295 g/mol. The van der Waals surface area contributed by atoms with Gasteiger partial charge >= 0.3 is 12.3 Å². The topological polar surface area (TPSA) is 77.2 Å². The number of alkyl halides is 4. The lowest BCUT2D eigenvalue weighted by molar-refractivity contribution is -0.148. The first-order valence-corrected chi connectivity index (χ1v) is 5.53. The number of amides is 1. The molecule has 112 valence electrons. The molecule has 1 aromatic heterocycles. The second-order valence-corrected chi connectivity index (χ2v) is 4.01. The molecule has 5 nitrogen and oxygen atoms in total. The molecule has 1 amide bonds. The van der Waals surface area contributed by atoms with E-state index in [2.05, 4.69) is 15.0 Å². The highest BCUT2D eigenvalue weighted by Crippen LogP contribution is 2.23. The standard InChI is InChI=1S/C11H13F4N3O2/c1-6(16)9(19)18-7-2-3-8(17-4-7)20-5-11(14,15)10(12)13/h2-4,6,10H,5,16H2,1H3,(H,18,19). The van der Waals surface area contributed by atoms with Crippen molar-refractivity contribution in [2.75, 3.05) is 11.9 Å². The van der Waals surface area contributed by atoms with Crippen molar-refractivity contribution in [2.45, 2.75) is 25.3 Å². The molecule has 0 saturated heterocycles. The van der Waals surface area contributed by atoms with Gasteiger partial charge < -0.3 is 15.8 Å². The molecule has 3 N–H and O–H groups in total. The largest absolute Gasteiger partial charge is 0.471 e. The number of halogens is 4. The smallest absolute Gasteiger partial charge is 0.340 e. The van der Waals surface area contributed by atoms with Crippen LogP contribution in [0, 0.1) is 0 Å². The van der Waals surface area contributed by atoms with Crippen LogP contribution in [0.25, 0.3) is 0 Å². The third-order valence-electron chi connectivity index (χ3n) is 2.15. The Kier molecular flexibility index (Phi) is 5.26. The van der Waals surface area contributed by atoms with Gasteiger partial charge in [-0.15, -0.1) is 0 Å². The van der Waals surface area contributed by atoms with Crippen LogP contribution in [0.2, 0.25) is 0 Å². The Hall–Kier alpha value is -1.90. The van der Waals surface area contributed by atoms with E-state index in [9.17, 15) is 22.4 Å². The van der Waals surface area contributed by atoms with Gasteiger partial charge in [-0.1, -0.05) is 0 Å². The van der Waals surface area contributed by atoms with Gasteiger partial charge in [0.2, 0.25) is 11.8 Å². The zero-order valence-electron chi connectivity index (χ0n) is 10.4. The van der Waals surface area contributed by atoms with E-state index in [1.54, 1.807) is 0 Å². The van der Waals surface area contributed by atoms with Crippen molar-refractivity contribution in [3.63, 3.8) is 0 Å². The van der Waals surface area contributed by atoms with Crippen LogP contribution < -0.4 is 15.8 Å². The Balaban J connectivity index is 2.57. The van der Waals surface area contributed by atoms with Crippen LogP contribution in [-0.2, 0) is 4.79 Å². The Morgan fingerprint density at radius 2 is 2.15 bits per heavy atom. The number of nitrogens with zero attached hydrogens (tertiary/aromatic N) is 1. The number of anilines is 1. The van der Waals surface area contributed by atoms with E-state index in [1.807, 2.05) is 0 Å². The fraction of sp³-hybridized carbons (Fsp3) is 0.455.